The van der Waals surface area contributed by atoms with Gasteiger partial charge in [0, 0.05) is 49.0 Å². The van der Waals surface area contributed by atoms with Gasteiger partial charge in [0.05, 0.1) is 17.9 Å². The Bertz CT molecular complexity index is 1540. The van der Waals surface area contributed by atoms with Gasteiger partial charge in [0.15, 0.2) is 0 Å². The molecule has 42 heavy (non-hydrogen) atoms. The molecule has 8 nitrogen and oxygen atoms in total. The summed E-state index contributed by atoms with van der Waals surface area (Å²) in [5, 5.41) is 6.50. The van der Waals surface area contributed by atoms with Crippen molar-refractivity contribution in [2.45, 2.75) is 31.7 Å². The summed E-state index contributed by atoms with van der Waals surface area (Å²) in [5.41, 5.74) is 6.79. The second-order valence-corrected chi connectivity index (χ2v) is 11.6. The molecule has 3 fully saturated rings. The minimum absolute atomic E-state index is 0.134. The summed E-state index contributed by atoms with van der Waals surface area (Å²) in [7, 11) is 0. The molecule has 0 spiro atoms. The minimum atomic E-state index is -0.134. The van der Waals surface area contributed by atoms with E-state index < -0.39 is 0 Å². The zero-order chi connectivity index (χ0) is 28.5. The summed E-state index contributed by atoms with van der Waals surface area (Å²) in [5.74, 6) is 1.48. The highest BCUT2D eigenvalue weighted by Gasteiger charge is 2.34. The van der Waals surface area contributed by atoms with Crippen LogP contribution < -0.4 is 15.5 Å². The molecule has 3 N–H and O–H groups in total. The average molecular weight is 561 g/mol. The smallest absolute Gasteiger partial charge is 0.255 e. The number of nitrogens with zero attached hydrogens (tertiary/aromatic N) is 3. The molecule has 1 saturated carbocycles. The Hall–Kier alpha value is -4.43. The summed E-state index contributed by atoms with van der Waals surface area (Å²) in [6.45, 7) is 4.22. The first-order valence-electron chi connectivity index (χ1n) is 15.0. The SMILES string of the molecule is O=C(Nc1ccc(-c2ccc(-c3cnc(C4CCCN4)[nH]3)cc2)cc1)c1ccc(N2CCN(C(=O)C3CC3)CC2)cc1. The van der Waals surface area contributed by atoms with Crippen molar-refractivity contribution in [3.63, 3.8) is 0 Å². The molecular formula is C34H36N6O2. The summed E-state index contributed by atoms with van der Waals surface area (Å²) >= 11 is 0. The second-order valence-electron chi connectivity index (χ2n) is 11.6. The number of piperazine rings is 1. The lowest BCUT2D eigenvalue weighted by Gasteiger charge is -2.36. The maximum absolute atomic E-state index is 12.9. The van der Waals surface area contributed by atoms with Gasteiger partial charge in [0.1, 0.15) is 5.82 Å². The van der Waals surface area contributed by atoms with Crippen LogP contribution in [0.5, 0.6) is 0 Å². The molecule has 2 aliphatic heterocycles. The molecule has 7 rings (SSSR count). The molecular weight excluding hydrogens is 524 g/mol. The topological polar surface area (TPSA) is 93.4 Å². The lowest BCUT2D eigenvalue weighted by atomic mass is 10.0. The van der Waals surface area contributed by atoms with Crippen LogP contribution in [0.2, 0.25) is 0 Å². The summed E-state index contributed by atoms with van der Waals surface area (Å²) in [4.78, 5) is 37.6. The summed E-state index contributed by atoms with van der Waals surface area (Å²) < 4.78 is 0. The van der Waals surface area contributed by atoms with Crippen LogP contribution in [-0.4, -0.2) is 59.4 Å². The number of aromatic nitrogens is 2. The quantitative estimate of drug-likeness (QED) is 0.278. The molecule has 214 valence electrons. The Labute approximate surface area is 246 Å². The van der Waals surface area contributed by atoms with E-state index in [0.29, 0.717) is 17.5 Å². The Morgan fingerprint density at radius 1 is 0.786 bits per heavy atom. The first-order chi connectivity index (χ1) is 20.6. The molecule has 1 aromatic heterocycles. The summed E-state index contributed by atoms with van der Waals surface area (Å²) in [6, 6.07) is 24.4. The normalized spacial score (nSPS) is 18.7. The van der Waals surface area contributed by atoms with Gasteiger partial charge < -0.3 is 25.4 Å². The van der Waals surface area contributed by atoms with E-state index in [1.54, 1.807) is 0 Å². The molecule has 0 radical (unpaired) electrons. The van der Waals surface area contributed by atoms with Crippen molar-refractivity contribution in [1.82, 2.24) is 20.2 Å². The molecule has 1 aliphatic carbocycles. The third-order valence-electron chi connectivity index (χ3n) is 8.67. The molecule has 0 bridgehead atoms. The van der Waals surface area contributed by atoms with Crippen LogP contribution in [-0.2, 0) is 4.79 Å². The van der Waals surface area contributed by atoms with Crippen LogP contribution in [0.3, 0.4) is 0 Å². The van der Waals surface area contributed by atoms with Gasteiger partial charge in [-0.25, -0.2) is 4.98 Å². The Morgan fingerprint density at radius 3 is 2.10 bits per heavy atom. The second kappa shape index (κ2) is 11.4. The van der Waals surface area contributed by atoms with E-state index in [9.17, 15) is 9.59 Å². The highest BCUT2D eigenvalue weighted by atomic mass is 16.2. The molecule has 8 heteroatoms. The number of hydrogen-bond acceptors (Lipinski definition) is 5. The van der Waals surface area contributed by atoms with Crippen LogP contribution in [0.1, 0.15) is 47.9 Å². The van der Waals surface area contributed by atoms with Crippen molar-refractivity contribution >= 4 is 23.2 Å². The van der Waals surface area contributed by atoms with E-state index in [1.807, 2.05) is 59.6 Å². The number of benzene rings is 3. The number of amides is 2. The third kappa shape index (κ3) is 5.67. The molecule has 2 amide bonds. The number of rotatable bonds is 7. The van der Waals surface area contributed by atoms with Crippen molar-refractivity contribution in [3.05, 3.63) is 90.4 Å². The van der Waals surface area contributed by atoms with Gasteiger partial charge in [0.2, 0.25) is 5.91 Å². The first kappa shape index (κ1) is 26.5. The number of aromatic amines is 1. The predicted octanol–water partition coefficient (Wildman–Crippen LogP) is 5.48. The van der Waals surface area contributed by atoms with Crippen molar-refractivity contribution in [2.24, 2.45) is 5.92 Å². The molecule has 3 heterocycles. The van der Waals surface area contributed by atoms with Crippen LogP contribution in [0, 0.1) is 5.92 Å². The van der Waals surface area contributed by atoms with E-state index in [4.69, 9.17) is 0 Å². The maximum atomic E-state index is 12.9. The van der Waals surface area contributed by atoms with Gasteiger partial charge in [0.25, 0.3) is 5.91 Å². The van der Waals surface area contributed by atoms with Gasteiger partial charge in [-0.2, -0.15) is 0 Å². The van der Waals surface area contributed by atoms with Crippen molar-refractivity contribution in [3.8, 4) is 22.4 Å². The first-order valence-corrected chi connectivity index (χ1v) is 15.0. The lowest BCUT2D eigenvalue weighted by Crippen LogP contribution is -2.49. The summed E-state index contributed by atoms with van der Waals surface area (Å²) in [6.07, 6.45) is 6.32. The lowest BCUT2D eigenvalue weighted by molar-refractivity contribution is -0.132. The third-order valence-corrected chi connectivity index (χ3v) is 8.67. The van der Waals surface area contributed by atoms with E-state index in [0.717, 1.165) is 91.6 Å². The monoisotopic (exact) mass is 560 g/mol. The number of imidazole rings is 1. The number of carbonyl (C=O) groups excluding carboxylic acids is 2. The van der Waals surface area contributed by atoms with Gasteiger partial charge >= 0.3 is 0 Å². The molecule has 3 aliphatic rings. The average Bonchev–Trinajstić information content (AvgIpc) is 3.52. The van der Waals surface area contributed by atoms with E-state index in [2.05, 4.69) is 49.8 Å². The highest BCUT2D eigenvalue weighted by Crippen LogP contribution is 2.32. The van der Waals surface area contributed by atoms with Gasteiger partial charge in [-0.3, -0.25) is 9.59 Å². The standard InChI is InChI=1S/C34H36N6O2/c41-33(26-11-15-29(16-12-26)39-18-20-40(21-19-39)34(42)27-7-8-27)37-28-13-9-24(10-14-28)23-3-5-25(6-4-23)31-22-36-32(38-31)30-2-1-17-35-30/h3-6,9-16,22,27,30,35H,1-2,7-8,17-21H2,(H,36,38)(H,37,41). The molecule has 3 aromatic carbocycles. The Balaban J connectivity index is 0.934. The Kier molecular flexibility index (Phi) is 7.22. The van der Waals surface area contributed by atoms with E-state index in [1.165, 1.54) is 6.42 Å². The van der Waals surface area contributed by atoms with Crippen LogP contribution in [0.15, 0.2) is 79.0 Å². The van der Waals surface area contributed by atoms with Gasteiger partial charge in [-0.1, -0.05) is 36.4 Å². The van der Waals surface area contributed by atoms with Crippen molar-refractivity contribution in [2.75, 3.05) is 42.9 Å². The minimum Gasteiger partial charge on any atom is -0.368 e. The fraction of sp³-hybridized carbons (Fsp3) is 0.324. The van der Waals surface area contributed by atoms with Gasteiger partial charge in [-0.15, -0.1) is 0 Å². The zero-order valence-electron chi connectivity index (χ0n) is 23.7. The highest BCUT2D eigenvalue weighted by molar-refractivity contribution is 6.04. The number of nitrogens with one attached hydrogen (secondary N) is 3. The van der Waals surface area contributed by atoms with E-state index in [-0.39, 0.29) is 11.8 Å². The van der Waals surface area contributed by atoms with Crippen molar-refractivity contribution < 1.29 is 9.59 Å². The molecule has 1 atom stereocenters. The maximum Gasteiger partial charge on any atom is 0.255 e. The van der Waals surface area contributed by atoms with Crippen LogP contribution in [0.4, 0.5) is 11.4 Å². The number of anilines is 2. The largest absolute Gasteiger partial charge is 0.368 e. The number of carbonyl (C=O) groups is 2. The number of H-pyrrole nitrogens is 1. The van der Waals surface area contributed by atoms with E-state index >= 15 is 0 Å². The van der Waals surface area contributed by atoms with Crippen LogP contribution in [0.25, 0.3) is 22.4 Å². The predicted molar refractivity (Wildman–Crippen MR) is 165 cm³/mol. The fourth-order valence-corrected chi connectivity index (χ4v) is 5.97. The fourth-order valence-electron chi connectivity index (χ4n) is 5.97. The molecule has 1 unspecified atom stereocenters. The zero-order valence-corrected chi connectivity index (χ0v) is 23.7. The number of hydrogen-bond donors (Lipinski definition) is 3. The molecule has 2 saturated heterocycles. The van der Waals surface area contributed by atoms with Crippen molar-refractivity contribution in [1.29, 1.82) is 0 Å². The van der Waals surface area contributed by atoms with Crippen LogP contribution >= 0.6 is 0 Å². The Morgan fingerprint density at radius 2 is 1.45 bits per heavy atom. The molecule has 4 aromatic rings. The van der Waals surface area contributed by atoms with Gasteiger partial charge in [-0.05, 0) is 85.3 Å².